The fourth-order valence-corrected chi connectivity index (χ4v) is 1.52. The maximum atomic E-state index is 5.88. The highest BCUT2D eigenvalue weighted by Gasteiger charge is 2.11. The highest BCUT2D eigenvalue weighted by molar-refractivity contribution is 6.30. The molecule has 1 unspecified atom stereocenters. The van der Waals surface area contributed by atoms with Gasteiger partial charge in [0.2, 0.25) is 0 Å². The zero-order chi connectivity index (χ0) is 12.8. The molecule has 1 aromatic rings. The molecule has 0 spiro atoms. The number of hydrogen-bond acceptors (Lipinski definition) is 3. The van der Waals surface area contributed by atoms with Crippen LogP contribution in [0.25, 0.3) is 0 Å². The van der Waals surface area contributed by atoms with E-state index in [1.807, 2.05) is 32.9 Å². The van der Waals surface area contributed by atoms with Crippen LogP contribution in [0.3, 0.4) is 0 Å². The predicted molar refractivity (Wildman–Crippen MR) is 71.4 cm³/mol. The zero-order valence-electron chi connectivity index (χ0n) is 10.3. The molecule has 1 rings (SSSR count). The second-order valence-electron chi connectivity index (χ2n) is 3.97. The Bertz CT molecular complexity index is 393. The molecule has 1 atom stereocenters. The first kappa shape index (κ1) is 13.8. The van der Waals surface area contributed by atoms with Crippen molar-refractivity contribution in [3.63, 3.8) is 0 Å². The molecular formula is C12H18ClN3O. The number of halogens is 1. The van der Waals surface area contributed by atoms with Crippen LogP contribution >= 0.6 is 11.6 Å². The monoisotopic (exact) mass is 255 g/mol. The lowest BCUT2D eigenvalue weighted by Crippen LogP contribution is -2.41. The topological polar surface area (TPSA) is 59.6 Å². The van der Waals surface area contributed by atoms with E-state index in [9.17, 15) is 0 Å². The quantitative estimate of drug-likeness (QED) is 0.376. The standard InChI is InChI=1S/C12H18ClN3O/c1-8(2)15-12(16-14)9(3)17-11-6-4-5-10(13)7-11/h4-9H,14H2,1-3H3,(H,15,16). The second-order valence-corrected chi connectivity index (χ2v) is 4.41. The lowest BCUT2D eigenvalue weighted by molar-refractivity contribution is 0.281. The van der Waals surface area contributed by atoms with Crippen LogP contribution < -0.4 is 16.0 Å². The van der Waals surface area contributed by atoms with Crippen LogP contribution in [-0.2, 0) is 0 Å². The zero-order valence-corrected chi connectivity index (χ0v) is 11.0. The van der Waals surface area contributed by atoms with Gasteiger partial charge in [-0.05, 0) is 39.0 Å². The average molecular weight is 256 g/mol. The summed E-state index contributed by atoms with van der Waals surface area (Å²) in [5.74, 6) is 6.72. The number of nitrogens with zero attached hydrogens (tertiary/aromatic N) is 1. The summed E-state index contributed by atoms with van der Waals surface area (Å²) in [6.45, 7) is 5.83. The summed E-state index contributed by atoms with van der Waals surface area (Å²) in [5, 5.41) is 0.637. The van der Waals surface area contributed by atoms with Gasteiger partial charge in [-0.3, -0.25) is 4.99 Å². The number of rotatable bonds is 4. The van der Waals surface area contributed by atoms with Crippen LogP contribution in [0.1, 0.15) is 20.8 Å². The number of nitrogens with two attached hydrogens (primary N) is 1. The number of aliphatic imine (C=N–C) groups is 1. The van der Waals surface area contributed by atoms with Crippen molar-refractivity contribution in [3.05, 3.63) is 29.3 Å². The molecule has 0 radical (unpaired) electrons. The summed E-state index contributed by atoms with van der Waals surface area (Å²) in [6.07, 6.45) is -0.249. The van der Waals surface area contributed by atoms with E-state index in [1.165, 1.54) is 0 Å². The predicted octanol–water partition coefficient (Wildman–Crippen LogP) is 2.38. The minimum absolute atomic E-state index is 0.159. The van der Waals surface area contributed by atoms with E-state index in [4.69, 9.17) is 22.2 Å². The maximum absolute atomic E-state index is 5.88. The first-order valence-electron chi connectivity index (χ1n) is 5.49. The van der Waals surface area contributed by atoms with Crippen molar-refractivity contribution < 1.29 is 4.74 Å². The first-order chi connectivity index (χ1) is 8.02. The Hall–Kier alpha value is -1.26. The van der Waals surface area contributed by atoms with E-state index in [-0.39, 0.29) is 12.1 Å². The molecule has 0 aliphatic rings. The van der Waals surface area contributed by atoms with Gasteiger partial charge in [0, 0.05) is 11.1 Å². The van der Waals surface area contributed by atoms with Crippen molar-refractivity contribution in [2.45, 2.75) is 32.9 Å². The van der Waals surface area contributed by atoms with Crippen molar-refractivity contribution in [1.82, 2.24) is 5.43 Å². The Labute approximate surface area is 107 Å². The minimum Gasteiger partial charge on any atom is -0.483 e. The van der Waals surface area contributed by atoms with Crippen molar-refractivity contribution in [3.8, 4) is 5.75 Å². The maximum Gasteiger partial charge on any atom is 0.154 e. The van der Waals surface area contributed by atoms with Gasteiger partial charge < -0.3 is 10.2 Å². The number of ether oxygens (including phenoxy) is 1. The summed E-state index contributed by atoms with van der Waals surface area (Å²) < 4.78 is 5.69. The van der Waals surface area contributed by atoms with Gasteiger partial charge >= 0.3 is 0 Å². The fourth-order valence-electron chi connectivity index (χ4n) is 1.34. The molecule has 0 fully saturated rings. The molecule has 94 valence electrons. The van der Waals surface area contributed by atoms with Crippen molar-refractivity contribution in [2.24, 2.45) is 10.8 Å². The molecule has 0 amide bonds. The molecule has 3 N–H and O–H groups in total. The van der Waals surface area contributed by atoms with Crippen molar-refractivity contribution in [2.75, 3.05) is 0 Å². The lowest BCUT2D eigenvalue weighted by atomic mass is 10.3. The third-order valence-electron chi connectivity index (χ3n) is 2.04. The van der Waals surface area contributed by atoms with Crippen LogP contribution in [0, 0.1) is 0 Å². The number of hydrogen-bond donors (Lipinski definition) is 2. The average Bonchev–Trinajstić information content (AvgIpc) is 2.25. The molecule has 1 aromatic carbocycles. The number of amidine groups is 1. The smallest absolute Gasteiger partial charge is 0.154 e. The molecule has 0 aromatic heterocycles. The summed E-state index contributed by atoms with van der Waals surface area (Å²) in [5.41, 5.74) is 2.56. The Morgan fingerprint density at radius 2 is 2.12 bits per heavy atom. The minimum atomic E-state index is -0.249. The van der Waals surface area contributed by atoms with E-state index in [1.54, 1.807) is 12.1 Å². The second kappa shape index (κ2) is 6.47. The van der Waals surface area contributed by atoms with Gasteiger partial charge in [0.25, 0.3) is 0 Å². The van der Waals surface area contributed by atoms with E-state index in [2.05, 4.69) is 10.4 Å². The highest BCUT2D eigenvalue weighted by atomic mass is 35.5. The van der Waals surface area contributed by atoms with Gasteiger partial charge in [-0.15, -0.1) is 0 Å². The largest absolute Gasteiger partial charge is 0.483 e. The molecule has 0 bridgehead atoms. The SMILES string of the molecule is CC(C)N=C(NN)C(C)Oc1cccc(Cl)c1. The lowest BCUT2D eigenvalue weighted by Gasteiger charge is -2.17. The summed E-state index contributed by atoms with van der Waals surface area (Å²) in [7, 11) is 0. The molecule has 4 nitrogen and oxygen atoms in total. The molecule has 0 aliphatic carbocycles. The summed E-state index contributed by atoms with van der Waals surface area (Å²) in [6, 6.07) is 7.38. The molecule has 5 heteroatoms. The fraction of sp³-hybridized carbons (Fsp3) is 0.417. The van der Waals surface area contributed by atoms with E-state index < -0.39 is 0 Å². The Morgan fingerprint density at radius 3 is 2.65 bits per heavy atom. The van der Waals surface area contributed by atoms with Gasteiger partial charge in [-0.1, -0.05) is 17.7 Å². The van der Waals surface area contributed by atoms with Crippen molar-refractivity contribution >= 4 is 17.4 Å². The normalized spacial score (nSPS) is 13.6. The first-order valence-corrected chi connectivity index (χ1v) is 5.87. The Morgan fingerprint density at radius 1 is 1.41 bits per heavy atom. The van der Waals surface area contributed by atoms with E-state index >= 15 is 0 Å². The van der Waals surface area contributed by atoms with E-state index in [0.29, 0.717) is 16.6 Å². The van der Waals surface area contributed by atoms with Crippen molar-refractivity contribution in [1.29, 1.82) is 0 Å². The van der Waals surface area contributed by atoms with Crippen LogP contribution in [0.5, 0.6) is 5.75 Å². The van der Waals surface area contributed by atoms with Crippen LogP contribution in [-0.4, -0.2) is 18.0 Å². The highest BCUT2D eigenvalue weighted by Crippen LogP contribution is 2.18. The molecule has 0 saturated heterocycles. The molecule has 0 aliphatic heterocycles. The van der Waals surface area contributed by atoms with Crippen LogP contribution in [0.4, 0.5) is 0 Å². The van der Waals surface area contributed by atoms with Gasteiger partial charge in [0.1, 0.15) is 5.75 Å². The van der Waals surface area contributed by atoms with Crippen LogP contribution in [0.2, 0.25) is 5.02 Å². The third-order valence-corrected chi connectivity index (χ3v) is 2.27. The van der Waals surface area contributed by atoms with E-state index in [0.717, 1.165) is 0 Å². The van der Waals surface area contributed by atoms with Gasteiger partial charge in [0.15, 0.2) is 11.9 Å². The number of nitrogens with one attached hydrogen (secondary N) is 1. The van der Waals surface area contributed by atoms with Crippen LogP contribution in [0.15, 0.2) is 29.3 Å². The molecular weight excluding hydrogens is 238 g/mol. The Balaban J connectivity index is 2.74. The number of hydrazine groups is 1. The van der Waals surface area contributed by atoms with Gasteiger partial charge in [-0.2, -0.15) is 0 Å². The Kier molecular flexibility index (Phi) is 5.25. The van der Waals surface area contributed by atoms with Gasteiger partial charge in [0.05, 0.1) is 0 Å². The number of benzene rings is 1. The van der Waals surface area contributed by atoms with Gasteiger partial charge in [-0.25, -0.2) is 5.84 Å². The summed E-state index contributed by atoms with van der Waals surface area (Å²) in [4.78, 5) is 4.34. The molecule has 0 heterocycles. The third kappa shape index (κ3) is 4.63. The molecule has 0 saturated carbocycles. The summed E-state index contributed by atoms with van der Waals surface area (Å²) >= 11 is 5.88. The molecule has 17 heavy (non-hydrogen) atoms.